The van der Waals surface area contributed by atoms with Crippen LogP contribution in [0.1, 0.15) is 38.5 Å². The van der Waals surface area contributed by atoms with Crippen molar-refractivity contribution in [3.63, 3.8) is 0 Å². The van der Waals surface area contributed by atoms with Crippen LogP contribution >= 0.6 is 0 Å². The van der Waals surface area contributed by atoms with Gasteiger partial charge in [0.1, 0.15) is 0 Å². The van der Waals surface area contributed by atoms with Crippen LogP contribution in [-0.4, -0.2) is 11.1 Å². The number of carbonyl (C=O) groups is 1. The van der Waals surface area contributed by atoms with Crippen molar-refractivity contribution in [3.05, 3.63) is 0 Å². The first-order valence-corrected chi connectivity index (χ1v) is 5.41. The van der Waals surface area contributed by atoms with Crippen LogP contribution in [0.25, 0.3) is 0 Å². The molecule has 4 aliphatic carbocycles. The molecule has 0 aromatic heterocycles. The Kier molecular flexibility index (Phi) is 15.2. The summed E-state index contributed by atoms with van der Waals surface area (Å²) in [6.45, 7) is 0. The molecule has 0 heterocycles. The van der Waals surface area contributed by atoms with Gasteiger partial charge in [-0.15, -0.1) is 0 Å². The van der Waals surface area contributed by atoms with Crippen LogP contribution in [0.4, 0.5) is 0 Å². The maximum absolute atomic E-state index is 11.3. The van der Waals surface area contributed by atoms with Crippen LogP contribution in [0.15, 0.2) is 0 Å². The second kappa shape index (κ2) is 10.1. The van der Waals surface area contributed by atoms with Crippen molar-refractivity contribution in [1.82, 2.24) is 12.3 Å². The largest absolute Gasteiger partial charge is 4.00 e. The maximum atomic E-state index is 11.3. The fraction of sp³-hybridized carbons (Fsp3) is 0.909. The molecule has 0 atom stereocenters. The first-order valence-electron chi connectivity index (χ1n) is 5.41. The Hall–Kier alpha value is 1.35. The third-order valence-electron chi connectivity index (χ3n) is 4.49. The van der Waals surface area contributed by atoms with Crippen molar-refractivity contribution in [1.29, 1.82) is 0 Å². The van der Waals surface area contributed by atoms with Crippen LogP contribution in [0.2, 0.25) is 0 Å². The van der Waals surface area contributed by atoms with Crippen LogP contribution in [0, 0.1) is 23.2 Å². The Bertz CT molecular complexity index is 248. The van der Waals surface area contributed by atoms with Crippen molar-refractivity contribution in [3.8, 4) is 0 Å². The van der Waals surface area contributed by atoms with Crippen molar-refractivity contribution in [2.75, 3.05) is 0 Å². The molecule has 0 aliphatic heterocycles. The predicted molar refractivity (Wildman–Crippen MR) is 58.3 cm³/mol. The topological polar surface area (TPSA) is 107 Å². The Morgan fingerprint density at radius 2 is 1.11 bits per heavy atom. The molecular weight excluding hydrogens is 653 g/mol. The molecule has 19 heavy (non-hydrogen) atoms. The van der Waals surface area contributed by atoms with Gasteiger partial charge in [0.15, 0.2) is 0 Å². The van der Waals surface area contributed by atoms with E-state index in [0.717, 1.165) is 37.0 Å². The molecule has 4 nitrogen and oxygen atoms in total. The van der Waals surface area contributed by atoms with Crippen LogP contribution in [-0.2, 0) is 46.9 Å². The Morgan fingerprint density at radius 1 is 0.842 bits per heavy atom. The van der Waals surface area contributed by atoms with Crippen molar-refractivity contribution < 1.29 is 76.8 Å². The average Bonchev–Trinajstić information content (AvgIpc) is 2.00. The van der Waals surface area contributed by atoms with E-state index in [0.29, 0.717) is 0 Å². The van der Waals surface area contributed by atoms with Gasteiger partial charge in [0.05, 0.1) is 5.41 Å². The summed E-state index contributed by atoms with van der Waals surface area (Å²) in [7, 11) is 0. The first kappa shape index (κ1) is 28.5. The number of carboxylic acids is 1. The van der Waals surface area contributed by atoms with E-state index in [2.05, 4.69) is 0 Å². The van der Waals surface area contributed by atoms with Gasteiger partial charge in [-0.3, -0.25) is 4.79 Å². The number of aliphatic carboxylic acids is 1. The molecule has 0 aromatic carbocycles. The second-order valence-corrected chi connectivity index (χ2v) is 5.50. The van der Waals surface area contributed by atoms with E-state index in [-0.39, 0.29) is 84.7 Å². The van der Waals surface area contributed by atoms with Gasteiger partial charge in [-0.2, -0.15) is 0 Å². The van der Waals surface area contributed by atoms with E-state index in [9.17, 15) is 9.90 Å². The molecule has 4 aliphatic rings. The molecule has 0 spiro atoms. The Morgan fingerprint density at radius 3 is 1.32 bits per heavy atom. The maximum Gasteiger partial charge on any atom is 4.00 e. The Balaban J connectivity index is -0.000000187. The quantitative estimate of drug-likeness (QED) is 0.270. The SMILES string of the molecule is N.N.O=C(O)C12CC3CC(CC(C3)C1)C2.[Cl-].[Cl-].[Pt+4].[Pt+4]. The molecule has 0 saturated heterocycles. The number of halogens is 2. The van der Waals surface area contributed by atoms with E-state index < -0.39 is 5.97 Å². The van der Waals surface area contributed by atoms with E-state index in [4.69, 9.17) is 0 Å². The van der Waals surface area contributed by atoms with Gasteiger partial charge in [-0.1, -0.05) is 0 Å². The third kappa shape index (κ3) is 4.93. The van der Waals surface area contributed by atoms with E-state index in [1.165, 1.54) is 19.3 Å². The van der Waals surface area contributed by atoms with Crippen LogP contribution in [0.3, 0.4) is 0 Å². The van der Waals surface area contributed by atoms with Crippen LogP contribution in [0.5, 0.6) is 0 Å². The normalized spacial score (nSPS) is 35.9. The van der Waals surface area contributed by atoms with Gasteiger partial charge in [0, 0.05) is 0 Å². The smallest absolute Gasteiger partial charge is 1.00 e. The molecule has 4 fully saturated rings. The van der Waals surface area contributed by atoms with Gasteiger partial charge in [0.25, 0.3) is 0 Å². The summed E-state index contributed by atoms with van der Waals surface area (Å²) in [6.07, 6.45) is 6.92. The number of hydrogen-bond acceptors (Lipinski definition) is 3. The van der Waals surface area contributed by atoms with E-state index in [1.54, 1.807) is 0 Å². The molecule has 4 bridgehead atoms. The molecule has 0 unspecified atom stereocenters. The van der Waals surface area contributed by atoms with Crippen molar-refractivity contribution in [2.45, 2.75) is 38.5 Å². The molecule has 0 aromatic rings. The summed E-state index contributed by atoms with van der Waals surface area (Å²) in [5.41, 5.74) is -0.283. The summed E-state index contributed by atoms with van der Waals surface area (Å²) in [5, 5.41) is 9.28. The second-order valence-electron chi connectivity index (χ2n) is 5.50. The molecule has 116 valence electrons. The van der Waals surface area contributed by atoms with Crippen molar-refractivity contribution in [2.24, 2.45) is 23.2 Å². The summed E-state index contributed by atoms with van der Waals surface area (Å²) in [5.74, 6) is 1.75. The molecule has 4 rings (SSSR count). The summed E-state index contributed by atoms with van der Waals surface area (Å²) >= 11 is 0. The van der Waals surface area contributed by atoms with Gasteiger partial charge < -0.3 is 42.2 Å². The minimum Gasteiger partial charge on any atom is -1.00 e. The Labute approximate surface area is 156 Å². The monoisotopic (exact) mass is 674 g/mol. The molecule has 0 radical (unpaired) electrons. The van der Waals surface area contributed by atoms with E-state index in [1.807, 2.05) is 0 Å². The molecular formula is C11H22Cl2N2O2Pt2+6. The van der Waals surface area contributed by atoms with Gasteiger partial charge in [-0.05, 0) is 56.3 Å². The summed E-state index contributed by atoms with van der Waals surface area (Å²) < 4.78 is 0. The van der Waals surface area contributed by atoms with Crippen molar-refractivity contribution >= 4 is 5.97 Å². The molecule has 4 saturated carbocycles. The third-order valence-corrected chi connectivity index (χ3v) is 4.49. The summed E-state index contributed by atoms with van der Waals surface area (Å²) in [4.78, 5) is 11.3. The number of hydrogen-bond donors (Lipinski definition) is 3. The average molecular weight is 675 g/mol. The van der Waals surface area contributed by atoms with E-state index >= 15 is 0 Å². The fourth-order valence-electron chi connectivity index (χ4n) is 4.37. The van der Waals surface area contributed by atoms with Gasteiger partial charge >= 0.3 is 48.1 Å². The fourth-order valence-corrected chi connectivity index (χ4v) is 4.37. The molecule has 0 amide bonds. The van der Waals surface area contributed by atoms with Crippen LogP contribution < -0.4 is 37.1 Å². The zero-order valence-corrected chi connectivity index (χ0v) is 16.7. The predicted octanol–water partition coefficient (Wildman–Crippen LogP) is -3.39. The minimum atomic E-state index is -0.508. The summed E-state index contributed by atoms with van der Waals surface area (Å²) in [6, 6.07) is 0. The minimum absolute atomic E-state index is 0. The van der Waals surface area contributed by atoms with Gasteiger partial charge in [-0.25, -0.2) is 0 Å². The number of carboxylic acid groups (broad SMARTS) is 1. The molecule has 7 N–H and O–H groups in total. The zero-order valence-electron chi connectivity index (χ0n) is 10.6. The zero-order chi connectivity index (χ0) is 9.05. The number of rotatable bonds is 1. The first-order chi connectivity index (χ1) is 6.18. The van der Waals surface area contributed by atoms with Gasteiger partial charge in [0.2, 0.25) is 0 Å². The molecule has 8 heteroatoms. The standard InChI is InChI=1S/C11H16O2.2ClH.2H3N.2Pt/c12-10(13)11-4-7-1-8(5-11)3-9(2-7)6-11;;;;;;/h7-9H,1-6H2,(H,12,13);2*1H;2*1H3;;/q;;;;;2*+4/p-2.